The van der Waals surface area contributed by atoms with E-state index >= 15 is 0 Å². The molecule has 0 aliphatic carbocycles. The molecule has 3 aromatic heterocycles. The van der Waals surface area contributed by atoms with Gasteiger partial charge in [-0.05, 0) is 40.5 Å². The van der Waals surface area contributed by atoms with Gasteiger partial charge in [0.05, 0.1) is 0 Å². The molecule has 8 heteroatoms. The predicted molar refractivity (Wildman–Crippen MR) is 100 cm³/mol. The molecule has 0 amide bonds. The highest BCUT2D eigenvalue weighted by molar-refractivity contribution is 9.10. The number of aryl methyl sites for hydroxylation is 1. The highest BCUT2D eigenvalue weighted by atomic mass is 79.9. The smallest absolute Gasteiger partial charge is 0.158 e. The molecule has 7 nitrogen and oxygen atoms in total. The van der Waals surface area contributed by atoms with Crippen molar-refractivity contribution in [1.29, 1.82) is 0 Å². The van der Waals surface area contributed by atoms with E-state index in [0.29, 0.717) is 0 Å². The number of piperazine rings is 1. The molecule has 128 valence electrons. The maximum atomic E-state index is 4.57. The van der Waals surface area contributed by atoms with E-state index in [1.165, 1.54) is 5.56 Å². The zero-order valence-electron chi connectivity index (χ0n) is 13.9. The molecule has 0 radical (unpaired) electrons. The van der Waals surface area contributed by atoms with Gasteiger partial charge < -0.3 is 9.80 Å². The van der Waals surface area contributed by atoms with E-state index in [1.807, 2.05) is 24.5 Å². The summed E-state index contributed by atoms with van der Waals surface area (Å²) in [7, 11) is 0. The molecule has 1 aliphatic rings. The van der Waals surface area contributed by atoms with Gasteiger partial charge in [-0.25, -0.2) is 19.6 Å². The van der Waals surface area contributed by atoms with E-state index in [1.54, 1.807) is 17.2 Å². The number of hydrogen-bond donors (Lipinski definition) is 0. The number of anilines is 2. The van der Waals surface area contributed by atoms with Crippen LogP contribution in [0.1, 0.15) is 5.56 Å². The lowest BCUT2D eigenvalue weighted by Gasteiger charge is -2.36. The first kappa shape index (κ1) is 16.0. The van der Waals surface area contributed by atoms with E-state index in [2.05, 4.69) is 58.8 Å². The Kier molecular flexibility index (Phi) is 4.35. The van der Waals surface area contributed by atoms with E-state index in [-0.39, 0.29) is 0 Å². The molecular weight excluding hydrogens is 382 g/mol. The van der Waals surface area contributed by atoms with Crippen LogP contribution < -0.4 is 9.80 Å². The van der Waals surface area contributed by atoms with Crippen molar-refractivity contribution >= 4 is 27.6 Å². The monoisotopic (exact) mass is 399 g/mol. The quantitative estimate of drug-likeness (QED) is 0.673. The number of aromatic nitrogens is 5. The minimum absolute atomic E-state index is 0.780. The fourth-order valence-electron chi connectivity index (χ4n) is 3.05. The van der Waals surface area contributed by atoms with Gasteiger partial charge in [-0.2, -0.15) is 5.10 Å². The SMILES string of the molecule is Cc1cc(Br)cnc1N1CCN(c2cc(-n3cccn3)ncn2)CC1. The Morgan fingerprint density at radius 1 is 0.960 bits per heavy atom. The summed E-state index contributed by atoms with van der Waals surface area (Å²) in [6.07, 6.45) is 7.08. The zero-order chi connectivity index (χ0) is 17.2. The maximum Gasteiger partial charge on any atom is 0.158 e. The van der Waals surface area contributed by atoms with Crippen LogP contribution in [0.25, 0.3) is 5.82 Å². The third-order valence-corrected chi connectivity index (χ3v) is 4.73. The minimum Gasteiger partial charge on any atom is -0.353 e. The summed E-state index contributed by atoms with van der Waals surface area (Å²) in [4.78, 5) is 17.9. The summed E-state index contributed by atoms with van der Waals surface area (Å²) in [5.74, 6) is 2.77. The summed E-state index contributed by atoms with van der Waals surface area (Å²) in [6, 6.07) is 5.97. The van der Waals surface area contributed by atoms with Gasteiger partial charge in [0.1, 0.15) is 18.0 Å². The van der Waals surface area contributed by atoms with Crippen LogP contribution in [0.5, 0.6) is 0 Å². The molecule has 0 saturated carbocycles. The Labute approximate surface area is 154 Å². The molecule has 1 aliphatic heterocycles. The minimum atomic E-state index is 0.780. The van der Waals surface area contributed by atoms with Crippen molar-refractivity contribution < 1.29 is 0 Å². The summed E-state index contributed by atoms with van der Waals surface area (Å²) >= 11 is 3.47. The number of hydrogen-bond acceptors (Lipinski definition) is 6. The maximum absolute atomic E-state index is 4.57. The molecule has 25 heavy (non-hydrogen) atoms. The summed E-state index contributed by atoms with van der Waals surface area (Å²) in [5.41, 5.74) is 1.19. The van der Waals surface area contributed by atoms with Gasteiger partial charge in [-0.3, -0.25) is 0 Å². The van der Waals surface area contributed by atoms with E-state index in [4.69, 9.17) is 0 Å². The zero-order valence-corrected chi connectivity index (χ0v) is 15.5. The first-order valence-electron chi connectivity index (χ1n) is 8.15. The van der Waals surface area contributed by atoms with Gasteiger partial charge in [0.2, 0.25) is 0 Å². The molecule has 0 atom stereocenters. The lowest BCUT2D eigenvalue weighted by Crippen LogP contribution is -2.47. The molecule has 0 unspecified atom stereocenters. The second-order valence-corrected chi connectivity index (χ2v) is 6.87. The van der Waals surface area contributed by atoms with E-state index in [9.17, 15) is 0 Å². The van der Waals surface area contributed by atoms with Gasteiger partial charge in [0, 0.05) is 55.3 Å². The fraction of sp³-hybridized carbons (Fsp3) is 0.294. The van der Waals surface area contributed by atoms with Crippen LogP contribution in [0.15, 0.2) is 47.6 Å². The summed E-state index contributed by atoms with van der Waals surface area (Å²) < 4.78 is 2.76. The van der Waals surface area contributed by atoms with Crippen LogP contribution in [0.4, 0.5) is 11.6 Å². The number of nitrogens with zero attached hydrogens (tertiary/aromatic N) is 7. The Morgan fingerprint density at radius 2 is 1.72 bits per heavy atom. The average Bonchev–Trinajstić information content (AvgIpc) is 3.17. The topological polar surface area (TPSA) is 63.0 Å². The number of rotatable bonds is 3. The van der Waals surface area contributed by atoms with Crippen LogP contribution in [0.3, 0.4) is 0 Å². The third kappa shape index (κ3) is 3.34. The highest BCUT2D eigenvalue weighted by Crippen LogP contribution is 2.23. The fourth-order valence-corrected chi connectivity index (χ4v) is 3.50. The van der Waals surface area contributed by atoms with Crippen LogP contribution in [-0.4, -0.2) is 50.9 Å². The largest absolute Gasteiger partial charge is 0.353 e. The van der Waals surface area contributed by atoms with Crippen LogP contribution in [0, 0.1) is 6.92 Å². The molecule has 3 aromatic rings. The molecule has 4 heterocycles. The Balaban J connectivity index is 1.48. The third-order valence-electron chi connectivity index (χ3n) is 4.30. The van der Waals surface area contributed by atoms with Crippen LogP contribution in [-0.2, 0) is 0 Å². The lowest BCUT2D eigenvalue weighted by atomic mass is 10.2. The molecule has 0 spiro atoms. The van der Waals surface area contributed by atoms with Crippen LogP contribution >= 0.6 is 15.9 Å². The molecule has 0 N–H and O–H groups in total. The summed E-state index contributed by atoms with van der Waals surface area (Å²) in [5, 5.41) is 4.23. The molecule has 4 rings (SSSR count). The molecule has 1 saturated heterocycles. The normalized spacial score (nSPS) is 14.8. The molecule has 0 bridgehead atoms. The van der Waals surface area contributed by atoms with Crippen molar-refractivity contribution in [2.24, 2.45) is 0 Å². The second-order valence-electron chi connectivity index (χ2n) is 5.95. The van der Waals surface area contributed by atoms with Gasteiger partial charge in [-0.15, -0.1) is 0 Å². The number of halogens is 1. The molecular formula is C17H18BrN7. The Bertz CT molecular complexity index is 857. The average molecular weight is 400 g/mol. The van der Waals surface area contributed by atoms with Crippen molar-refractivity contribution in [3.05, 3.63) is 53.2 Å². The van der Waals surface area contributed by atoms with Gasteiger partial charge >= 0.3 is 0 Å². The van der Waals surface area contributed by atoms with Crippen molar-refractivity contribution in [1.82, 2.24) is 24.7 Å². The molecule has 1 fully saturated rings. The lowest BCUT2D eigenvalue weighted by molar-refractivity contribution is 0.638. The highest BCUT2D eigenvalue weighted by Gasteiger charge is 2.20. The van der Waals surface area contributed by atoms with Gasteiger partial charge in [-0.1, -0.05) is 0 Å². The first-order chi connectivity index (χ1) is 12.2. The first-order valence-corrected chi connectivity index (χ1v) is 8.94. The van der Waals surface area contributed by atoms with Crippen molar-refractivity contribution in [3.8, 4) is 5.82 Å². The second kappa shape index (κ2) is 6.79. The van der Waals surface area contributed by atoms with E-state index in [0.717, 1.165) is 48.1 Å². The Hall–Kier alpha value is -2.48. The predicted octanol–water partition coefficient (Wildman–Crippen LogP) is 2.45. The molecule has 0 aromatic carbocycles. The van der Waals surface area contributed by atoms with Crippen molar-refractivity contribution in [2.75, 3.05) is 36.0 Å². The van der Waals surface area contributed by atoms with E-state index < -0.39 is 0 Å². The standard InChI is InChI=1S/C17H18BrN7/c1-13-9-14(18)11-19-17(13)24-7-5-23(6-8-24)15-10-16(21-12-20-15)25-4-2-3-22-25/h2-4,9-12H,5-8H2,1H3. The summed E-state index contributed by atoms with van der Waals surface area (Å²) in [6.45, 7) is 5.72. The van der Waals surface area contributed by atoms with Gasteiger partial charge in [0.25, 0.3) is 0 Å². The number of pyridine rings is 1. The van der Waals surface area contributed by atoms with Crippen molar-refractivity contribution in [2.45, 2.75) is 6.92 Å². The van der Waals surface area contributed by atoms with Crippen LogP contribution in [0.2, 0.25) is 0 Å². The van der Waals surface area contributed by atoms with Crippen molar-refractivity contribution in [3.63, 3.8) is 0 Å². The Morgan fingerprint density at radius 3 is 2.44 bits per heavy atom. The van der Waals surface area contributed by atoms with Gasteiger partial charge in [0.15, 0.2) is 5.82 Å².